The summed E-state index contributed by atoms with van der Waals surface area (Å²) in [5, 5.41) is 2.60. The molecule has 1 aromatic heterocycles. The molecule has 5 heteroatoms. The topological polar surface area (TPSA) is 71.2 Å². The number of aromatic amines is 1. The summed E-state index contributed by atoms with van der Waals surface area (Å²) in [4.78, 5) is 26.2. The van der Waals surface area contributed by atoms with E-state index in [1.165, 1.54) is 7.11 Å². The quantitative estimate of drug-likeness (QED) is 0.837. The third-order valence-corrected chi connectivity index (χ3v) is 2.99. The largest absolute Gasteiger partial charge is 0.371 e. The van der Waals surface area contributed by atoms with Crippen molar-refractivity contribution >= 4 is 11.6 Å². The predicted molar refractivity (Wildman–Crippen MR) is 70.7 cm³/mol. The Morgan fingerprint density at radius 3 is 2.67 bits per heavy atom. The molecule has 5 nitrogen and oxygen atoms in total. The third-order valence-electron chi connectivity index (χ3n) is 2.99. The second-order valence-electron chi connectivity index (χ2n) is 4.42. The van der Waals surface area contributed by atoms with Crippen LogP contribution in [-0.4, -0.2) is 24.1 Å². The van der Waals surface area contributed by atoms with Gasteiger partial charge in [-0.15, -0.1) is 0 Å². The molecule has 1 heterocycles. The Morgan fingerprint density at radius 1 is 1.50 bits per heavy atom. The first-order valence-electron chi connectivity index (χ1n) is 6.03. The average Bonchev–Trinajstić information content (AvgIpc) is 2.33. The van der Waals surface area contributed by atoms with Gasteiger partial charge in [0.15, 0.2) is 0 Å². The number of hydrogen-bond acceptors (Lipinski definition) is 3. The van der Waals surface area contributed by atoms with E-state index in [0.29, 0.717) is 0 Å². The summed E-state index contributed by atoms with van der Waals surface area (Å²) in [5.41, 5.74) is 0.696. The molecule has 18 heavy (non-hydrogen) atoms. The molecule has 1 aromatic rings. The first kappa shape index (κ1) is 14.4. The number of anilines is 1. The lowest BCUT2D eigenvalue weighted by molar-refractivity contribution is -0.128. The molecule has 2 unspecified atom stereocenters. The van der Waals surface area contributed by atoms with Gasteiger partial charge in [-0.25, -0.2) is 0 Å². The maximum absolute atomic E-state index is 12.0. The second-order valence-corrected chi connectivity index (χ2v) is 4.42. The zero-order valence-electron chi connectivity index (χ0n) is 11.2. The minimum atomic E-state index is -0.546. The fourth-order valence-electron chi connectivity index (χ4n) is 1.69. The highest BCUT2D eigenvalue weighted by Gasteiger charge is 2.24. The average molecular weight is 252 g/mol. The highest BCUT2D eigenvalue weighted by atomic mass is 16.5. The number of methoxy groups -OCH3 is 1. The van der Waals surface area contributed by atoms with Gasteiger partial charge in [-0.1, -0.05) is 20.3 Å². The molecule has 2 atom stereocenters. The molecule has 0 fully saturated rings. The molecule has 0 saturated carbocycles. The van der Waals surface area contributed by atoms with Gasteiger partial charge in [0.05, 0.1) is 0 Å². The van der Waals surface area contributed by atoms with Gasteiger partial charge in [-0.05, 0) is 25.0 Å². The van der Waals surface area contributed by atoms with Crippen LogP contribution in [-0.2, 0) is 9.53 Å². The van der Waals surface area contributed by atoms with Gasteiger partial charge in [-0.3, -0.25) is 9.59 Å². The van der Waals surface area contributed by atoms with Crippen molar-refractivity contribution in [1.29, 1.82) is 0 Å². The summed E-state index contributed by atoms with van der Waals surface area (Å²) in [5.74, 6) is -0.194. The van der Waals surface area contributed by atoms with Crippen molar-refractivity contribution in [1.82, 2.24) is 4.98 Å². The number of carbonyl (C=O) groups is 1. The number of aromatic nitrogens is 1. The maximum Gasteiger partial charge on any atom is 0.271 e. The number of hydrogen-bond donors (Lipinski definition) is 2. The van der Waals surface area contributed by atoms with Crippen LogP contribution in [0.5, 0.6) is 0 Å². The maximum atomic E-state index is 12.0. The molecule has 2 N–H and O–H groups in total. The van der Waals surface area contributed by atoms with Gasteiger partial charge in [0.25, 0.3) is 11.5 Å². The molecule has 0 aromatic carbocycles. The molecule has 0 aliphatic carbocycles. The monoisotopic (exact) mass is 252 g/mol. The molecule has 1 rings (SSSR count). The van der Waals surface area contributed by atoms with Gasteiger partial charge < -0.3 is 15.0 Å². The van der Waals surface area contributed by atoms with Crippen molar-refractivity contribution in [3.8, 4) is 0 Å². The van der Waals surface area contributed by atoms with Crippen LogP contribution in [0.2, 0.25) is 0 Å². The Labute approximate surface area is 107 Å². The summed E-state index contributed by atoms with van der Waals surface area (Å²) >= 11 is 0. The number of ether oxygens (including phenoxy) is 1. The standard InChI is InChI=1S/C13H20N2O3/c1-5-8(2)11(18-4)13(17)15-10-7-6-9(3)14-12(10)16/h6-8,11H,5H2,1-4H3,(H,14,16)(H,15,17). The van der Waals surface area contributed by atoms with Crippen molar-refractivity contribution in [2.45, 2.75) is 33.3 Å². The number of aryl methyl sites for hydroxylation is 1. The van der Waals surface area contributed by atoms with E-state index in [1.807, 2.05) is 13.8 Å². The summed E-state index contributed by atoms with van der Waals surface area (Å²) in [7, 11) is 1.50. The first-order chi connectivity index (χ1) is 8.49. The number of carbonyl (C=O) groups excluding carboxylic acids is 1. The van der Waals surface area contributed by atoms with Gasteiger partial charge in [0, 0.05) is 12.8 Å². The summed E-state index contributed by atoms with van der Waals surface area (Å²) in [6, 6.07) is 3.33. The van der Waals surface area contributed by atoms with Crippen LogP contribution in [0.3, 0.4) is 0 Å². The van der Waals surface area contributed by atoms with Crippen molar-refractivity contribution < 1.29 is 9.53 Å². The smallest absolute Gasteiger partial charge is 0.271 e. The van der Waals surface area contributed by atoms with Gasteiger partial charge in [0.1, 0.15) is 11.8 Å². The summed E-state index contributed by atoms with van der Waals surface area (Å²) < 4.78 is 5.18. The SMILES string of the molecule is CCC(C)C(OC)C(=O)Nc1ccc(C)[nH]c1=O. The zero-order valence-corrected chi connectivity index (χ0v) is 11.2. The Morgan fingerprint density at radius 2 is 2.17 bits per heavy atom. The van der Waals surface area contributed by atoms with E-state index in [2.05, 4.69) is 10.3 Å². The fourth-order valence-corrected chi connectivity index (χ4v) is 1.69. The molecule has 0 spiro atoms. The number of pyridine rings is 1. The van der Waals surface area contributed by atoms with E-state index in [0.717, 1.165) is 12.1 Å². The van der Waals surface area contributed by atoms with Crippen molar-refractivity contribution in [2.75, 3.05) is 12.4 Å². The third kappa shape index (κ3) is 3.43. The van der Waals surface area contributed by atoms with E-state index in [1.54, 1.807) is 19.1 Å². The molecule has 0 radical (unpaired) electrons. The van der Waals surface area contributed by atoms with Gasteiger partial charge in [-0.2, -0.15) is 0 Å². The molecule has 100 valence electrons. The van der Waals surface area contributed by atoms with E-state index in [9.17, 15) is 9.59 Å². The minimum absolute atomic E-state index is 0.0968. The van der Waals surface area contributed by atoms with Crippen molar-refractivity contribution in [3.63, 3.8) is 0 Å². The fraction of sp³-hybridized carbons (Fsp3) is 0.538. The minimum Gasteiger partial charge on any atom is -0.371 e. The van der Waals surface area contributed by atoms with Gasteiger partial charge >= 0.3 is 0 Å². The highest BCUT2D eigenvalue weighted by molar-refractivity contribution is 5.94. The number of H-pyrrole nitrogens is 1. The summed E-state index contributed by atoms with van der Waals surface area (Å²) in [6.45, 7) is 5.71. The van der Waals surface area contributed by atoms with Crippen LogP contribution in [0.15, 0.2) is 16.9 Å². The number of amides is 1. The molecule has 0 saturated heterocycles. The molecular formula is C13H20N2O3. The Hall–Kier alpha value is -1.62. The van der Waals surface area contributed by atoms with E-state index >= 15 is 0 Å². The number of rotatable bonds is 5. The van der Waals surface area contributed by atoms with Crippen molar-refractivity contribution in [2.24, 2.45) is 5.92 Å². The van der Waals surface area contributed by atoms with Gasteiger partial charge in [0.2, 0.25) is 0 Å². The molecule has 1 amide bonds. The van der Waals surface area contributed by atoms with Crippen LogP contribution in [0, 0.1) is 12.8 Å². The second kappa shape index (κ2) is 6.35. The van der Waals surface area contributed by atoms with Crippen LogP contribution >= 0.6 is 0 Å². The molecule has 0 bridgehead atoms. The van der Waals surface area contributed by atoms with E-state index in [4.69, 9.17) is 4.74 Å². The Balaban J connectivity index is 2.83. The lowest BCUT2D eigenvalue weighted by Crippen LogP contribution is -2.36. The van der Waals surface area contributed by atoms with Crippen LogP contribution in [0.1, 0.15) is 26.0 Å². The Kier molecular flexibility index (Phi) is 5.09. The normalized spacial score (nSPS) is 14.0. The predicted octanol–water partition coefficient (Wildman–Crippen LogP) is 1.68. The Bertz CT molecular complexity index is 468. The van der Waals surface area contributed by atoms with Crippen molar-refractivity contribution in [3.05, 3.63) is 28.2 Å². The lowest BCUT2D eigenvalue weighted by Gasteiger charge is -2.20. The first-order valence-corrected chi connectivity index (χ1v) is 6.03. The zero-order chi connectivity index (χ0) is 13.7. The highest BCUT2D eigenvalue weighted by Crippen LogP contribution is 2.12. The van der Waals surface area contributed by atoms with E-state index < -0.39 is 6.10 Å². The van der Waals surface area contributed by atoms with Crippen LogP contribution in [0.25, 0.3) is 0 Å². The lowest BCUT2D eigenvalue weighted by atomic mass is 10.0. The summed E-state index contributed by atoms with van der Waals surface area (Å²) in [6.07, 6.45) is 0.284. The van der Waals surface area contributed by atoms with Crippen LogP contribution < -0.4 is 10.9 Å². The molecule has 0 aliphatic rings. The van der Waals surface area contributed by atoms with E-state index in [-0.39, 0.29) is 23.1 Å². The molecule has 0 aliphatic heterocycles. The van der Waals surface area contributed by atoms with Crippen LogP contribution in [0.4, 0.5) is 5.69 Å². The molecular weight excluding hydrogens is 232 g/mol. The number of nitrogens with one attached hydrogen (secondary N) is 2.